The molecular weight excluding hydrogens is 250 g/mol. The van der Waals surface area contributed by atoms with E-state index in [1.54, 1.807) is 0 Å². The molecule has 18 heavy (non-hydrogen) atoms. The first-order valence-electron chi connectivity index (χ1n) is 5.60. The van der Waals surface area contributed by atoms with Crippen LogP contribution in [0.15, 0.2) is 39.2 Å². The third-order valence-electron chi connectivity index (χ3n) is 3.18. The molecule has 0 saturated heterocycles. The molecule has 4 aromatic rings. The zero-order valence-corrected chi connectivity index (χ0v) is 10.3. The quantitative estimate of drug-likeness (QED) is 0.459. The van der Waals surface area contributed by atoms with Crippen molar-refractivity contribution in [2.75, 3.05) is 0 Å². The van der Waals surface area contributed by atoms with E-state index in [-0.39, 0.29) is 5.35 Å². The first-order chi connectivity index (χ1) is 8.72. The summed E-state index contributed by atoms with van der Waals surface area (Å²) in [5.74, 6) is 0. The minimum atomic E-state index is 0.151. The molecule has 0 spiro atoms. The van der Waals surface area contributed by atoms with Gasteiger partial charge in [0, 0.05) is 16.8 Å². The Morgan fingerprint density at radius 1 is 1.06 bits per heavy atom. The van der Waals surface area contributed by atoms with Crippen molar-refractivity contribution in [1.29, 1.82) is 0 Å². The number of nitrogens with zero attached hydrogens (tertiary/aromatic N) is 1. The minimum absolute atomic E-state index is 0.151. The monoisotopic (exact) mass is 257 g/mol. The Morgan fingerprint density at radius 3 is 2.83 bits per heavy atom. The molecular formula is C14H8ClNO2. The molecule has 0 radical (unpaired) electrons. The Hall–Kier alpha value is -2.00. The van der Waals surface area contributed by atoms with E-state index in [1.165, 1.54) is 0 Å². The molecule has 88 valence electrons. The highest BCUT2D eigenvalue weighted by molar-refractivity contribution is 6.28. The van der Waals surface area contributed by atoms with Crippen LogP contribution in [-0.4, -0.2) is 4.98 Å². The van der Waals surface area contributed by atoms with Gasteiger partial charge in [0.15, 0.2) is 5.58 Å². The summed E-state index contributed by atoms with van der Waals surface area (Å²) < 4.78 is 11.2. The van der Waals surface area contributed by atoms with Gasteiger partial charge >= 0.3 is 0 Å². The van der Waals surface area contributed by atoms with Crippen molar-refractivity contribution in [3.8, 4) is 0 Å². The number of furan rings is 1. The van der Waals surface area contributed by atoms with Crippen LogP contribution in [0.3, 0.4) is 0 Å². The van der Waals surface area contributed by atoms with Crippen molar-refractivity contribution in [2.24, 2.45) is 0 Å². The maximum Gasteiger partial charge on any atom is 0.293 e. The maximum absolute atomic E-state index is 5.87. The summed E-state index contributed by atoms with van der Waals surface area (Å²) in [5, 5.41) is 2.27. The minimum Gasteiger partial charge on any atom is -0.456 e. The molecule has 2 heterocycles. The number of aromatic nitrogens is 1. The largest absolute Gasteiger partial charge is 0.456 e. The lowest BCUT2D eigenvalue weighted by Gasteiger charge is -1.91. The van der Waals surface area contributed by atoms with Gasteiger partial charge in [-0.15, -0.1) is 0 Å². The number of aryl methyl sites for hydroxylation is 1. The Bertz CT molecular complexity index is 904. The predicted octanol–water partition coefficient (Wildman–Crippen LogP) is 4.69. The first-order valence-corrected chi connectivity index (χ1v) is 5.98. The number of hydrogen-bond acceptors (Lipinski definition) is 3. The van der Waals surface area contributed by atoms with Gasteiger partial charge in [0.25, 0.3) is 5.35 Å². The van der Waals surface area contributed by atoms with E-state index in [0.717, 1.165) is 33.0 Å². The van der Waals surface area contributed by atoms with Crippen LogP contribution in [0.1, 0.15) is 5.56 Å². The molecule has 3 nitrogen and oxygen atoms in total. The van der Waals surface area contributed by atoms with Crippen molar-refractivity contribution in [2.45, 2.75) is 6.92 Å². The maximum atomic E-state index is 5.87. The van der Waals surface area contributed by atoms with Gasteiger partial charge < -0.3 is 8.83 Å². The highest BCUT2D eigenvalue weighted by atomic mass is 35.5. The molecule has 0 atom stereocenters. The van der Waals surface area contributed by atoms with Crippen LogP contribution in [-0.2, 0) is 0 Å². The number of hydrogen-bond donors (Lipinski definition) is 0. The molecule has 0 unspecified atom stereocenters. The topological polar surface area (TPSA) is 39.2 Å². The summed E-state index contributed by atoms with van der Waals surface area (Å²) in [6, 6.07) is 9.88. The average molecular weight is 258 g/mol. The zero-order valence-electron chi connectivity index (χ0n) is 9.53. The number of oxazole rings is 1. The van der Waals surface area contributed by atoms with Crippen LogP contribution < -0.4 is 0 Å². The molecule has 0 amide bonds. The summed E-state index contributed by atoms with van der Waals surface area (Å²) in [5.41, 5.74) is 4.21. The molecule has 0 saturated carbocycles. The first kappa shape index (κ1) is 9.97. The SMILES string of the molecule is Cc1cccc2c1oc1cc3oc(Cl)nc3cc12. The van der Waals surface area contributed by atoms with Gasteiger partial charge in [0.1, 0.15) is 16.7 Å². The number of rotatable bonds is 0. The summed E-state index contributed by atoms with van der Waals surface area (Å²) in [6.07, 6.45) is 0. The molecule has 4 heteroatoms. The van der Waals surface area contributed by atoms with E-state index in [4.69, 9.17) is 20.4 Å². The number of para-hydroxylation sites is 1. The lowest BCUT2D eigenvalue weighted by atomic mass is 10.1. The second-order valence-electron chi connectivity index (χ2n) is 4.34. The highest BCUT2D eigenvalue weighted by Crippen LogP contribution is 2.34. The van der Waals surface area contributed by atoms with Gasteiger partial charge in [-0.1, -0.05) is 18.2 Å². The van der Waals surface area contributed by atoms with Crippen molar-refractivity contribution < 1.29 is 8.83 Å². The molecule has 0 N–H and O–H groups in total. The lowest BCUT2D eigenvalue weighted by Crippen LogP contribution is -1.71. The third kappa shape index (κ3) is 1.22. The van der Waals surface area contributed by atoms with E-state index in [2.05, 4.69) is 4.98 Å². The Morgan fingerprint density at radius 2 is 1.94 bits per heavy atom. The van der Waals surface area contributed by atoms with Gasteiger partial charge in [0.05, 0.1) is 0 Å². The van der Waals surface area contributed by atoms with Crippen LogP contribution in [0.4, 0.5) is 0 Å². The van der Waals surface area contributed by atoms with E-state index in [0.29, 0.717) is 5.58 Å². The Labute approximate surface area is 107 Å². The van der Waals surface area contributed by atoms with E-state index in [1.807, 2.05) is 37.3 Å². The third-order valence-corrected chi connectivity index (χ3v) is 3.34. The molecule has 0 bridgehead atoms. The smallest absolute Gasteiger partial charge is 0.293 e. The van der Waals surface area contributed by atoms with Gasteiger partial charge in [-0.2, -0.15) is 4.98 Å². The Kier molecular flexibility index (Phi) is 1.81. The van der Waals surface area contributed by atoms with Crippen molar-refractivity contribution in [3.63, 3.8) is 0 Å². The Balaban J connectivity index is 2.25. The fourth-order valence-electron chi connectivity index (χ4n) is 2.33. The summed E-state index contributed by atoms with van der Waals surface area (Å²) in [6.45, 7) is 2.03. The van der Waals surface area contributed by atoms with Crippen LogP contribution in [0, 0.1) is 6.92 Å². The van der Waals surface area contributed by atoms with E-state index >= 15 is 0 Å². The fraction of sp³-hybridized carbons (Fsp3) is 0.0714. The van der Waals surface area contributed by atoms with Gasteiger partial charge in [0.2, 0.25) is 0 Å². The number of halogens is 1. The van der Waals surface area contributed by atoms with Crippen molar-refractivity contribution >= 4 is 44.6 Å². The fourth-order valence-corrected chi connectivity index (χ4v) is 2.51. The molecule has 0 aliphatic carbocycles. The highest BCUT2D eigenvalue weighted by Gasteiger charge is 2.12. The second-order valence-corrected chi connectivity index (χ2v) is 4.66. The van der Waals surface area contributed by atoms with Crippen LogP contribution in [0.5, 0.6) is 0 Å². The van der Waals surface area contributed by atoms with E-state index in [9.17, 15) is 0 Å². The summed E-state index contributed by atoms with van der Waals surface area (Å²) in [4.78, 5) is 4.13. The second kappa shape index (κ2) is 3.27. The molecule has 2 aromatic heterocycles. The molecule has 0 aliphatic rings. The van der Waals surface area contributed by atoms with Gasteiger partial charge in [-0.25, -0.2) is 0 Å². The zero-order chi connectivity index (χ0) is 12.3. The van der Waals surface area contributed by atoms with E-state index < -0.39 is 0 Å². The van der Waals surface area contributed by atoms with Crippen molar-refractivity contribution in [1.82, 2.24) is 4.98 Å². The average Bonchev–Trinajstić information content (AvgIpc) is 2.86. The summed E-state index contributed by atoms with van der Waals surface area (Å²) >= 11 is 5.76. The molecule has 0 aliphatic heterocycles. The van der Waals surface area contributed by atoms with Gasteiger partial charge in [-0.3, -0.25) is 0 Å². The molecule has 2 aromatic carbocycles. The molecule has 0 fully saturated rings. The van der Waals surface area contributed by atoms with Crippen molar-refractivity contribution in [3.05, 3.63) is 41.2 Å². The van der Waals surface area contributed by atoms with Gasteiger partial charge in [-0.05, 0) is 30.2 Å². The summed E-state index contributed by atoms with van der Waals surface area (Å²) in [7, 11) is 0. The lowest BCUT2D eigenvalue weighted by molar-refractivity contribution is 0.603. The normalized spacial score (nSPS) is 11.9. The number of benzene rings is 2. The van der Waals surface area contributed by atoms with Crippen LogP contribution in [0.25, 0.3) is 33.0 Å². The van der Waals surface area contributed by atoms with Crippen LogP contribution >= 0.6 is 11.6 Å². The standard InChI is InChI=1S/C14H8ClNO2/c1-7-3-2-4-8-9-5-10-12(18-14(15)16-10)6-11(9)17-13(7)8/h2-6H,1H3. The van der Waals surface area contributed by atoms with Crippen LogP contribution in [0.2, 0.25) is 5.35 Å². The predicted molar refractivity (Wildman–Crippen MR) is 71.0 cm³/mol. The number of fused-ring (bicyclic) bond motifs is 4. The molecule has 4 rings (SSSR count).